The average molecular weight is 661 g/mol. The molecule has 0 N–H and O–H groups in total. The minimum atomic E-state index is 0.703. The van der Waals surface area contributed by atoms with Crippen molar-refractivity contribution in [3.05, 3.63) is 194 Å². The van der Waals surface area contributed by atoms with Gasteiger partial charge < -0.3 is 0 Å². The van der Waals surface area contributed by atoms with Crippen LogP contribution in [-0.4, -0.2) is 9.97 Å². The van der Waals surface area contributed by atoms with Crippen LogP contribution in [0, 0.1) is 0 Å². The molecular formula is C50H32N2. The second-order valence-electron chi connectivity index (χ2n) is 13.4. The van der Waals surface area contributed by atoms with E-state index in [0.29, 0.717) is 5.82 Å². The van der Waals surface area contributed by atoms with E-state index in [-0.39, 0.29) is 0 Å². The van der Waals surface area contributed by atoms with Crippen molar-refractivity contribution in [2.75, 3.05) is 0 Å². The third-order valence-corrected chi connectivity index (χ3v) is 10.2. The highest BCUT2D eigenvalue weighted by Crippen LogP contribution is 2.41. The third kappa shape index (κ3) is 5.21. The zero-order valence-electron chi connectivity index (χ0n) is 28.4. The quantitative estimate of drug-likeness (QED) is 0.136. The Morgan fingerprint density at radius 1 is 0.269 bits per heavy atom. The van der Waals surface area contributed by atoms with Gasteiger partial charge >= 0.3 is 0 Å². The first kappa shape index (κ1) is 30.0. The molecule has 0 fully saturated rings. The molecule has 52 heavy (non-hydrogen) atoms. The first-order valence-electron chi connectivity index (χ1n) is 17.7. The first-order chi connectivity index (χ1) is 25.8. The van der Waals surface area contributed by atoms with E-state index in [1.54, 1.807) is 0 Å². The van der Waals surface area contributed by atoms with Crippen molar-refractivity contribution in [1.82, 2.24) is 9.97 Å². The van der Waals surface area contributed by atoms with E-state index >= 15 is 0 Å². The molecule has 0 amide bonds. The molecule has 0 bridgehead atoms. The number of hydrogen-bond acceptors (Lipinski definition) is 2. The molecule has 1 aromatic heterocycles. The van der Waals surface area contributed by atoms with Crippen LogP contribution in [-0.2, 0) is 0 Å². The molecule has 1 heterocycles. The first-order valence-corrected chi connectivity index (χ1v) is 17.7. The Labute approximate surface area is 302 Å². The maximum Gasteiger partial charge on any atom is 0.160 e. The van der Waals surface area contributed by atoms with Gasteiger partial charge in [-0.15, -0.1) is 0 Å². The van der Waals surface area contributed by atoms with Gasteiger partial charge in [-0.2, -0.15) is 0 Å². The minimum absolute atomic E-state index is 0.703. The number of hydrogen-bond donors (Lipinski definition) is 0. The molecule has 0 aliphatic carbocycles. The standard InChI is InChI=1S/C50H32N2/c1-2-15-35(16-3-1)50-51-47(32-48(52-50)44-24-11-10-22-42(44)38-26-25-33-13-4-5-17-36(33)29-38)39-19-12-20-40(30-39)49-43-23-9-7-18-37(43)31-46-41-21-8-6-14-34(41)27-28-45(46)49/h1-32H. The third-order valence-electron chi connectivity index (χ3n) is 10.2. The monoisotopic (exact) mass is 660 g/mol. The Hall–Kier alpha value is -6.90. The molecule has 2 nitrogen and oxygen atoms in total. The van der Waals surface area contributed by atoms with Crippen LogP contribution in [0.15, 0.2) is 194 Å². The average Bonchev–Trinajstić information content (AvgIpc) is 3.23. The Kier molecular flexibility index (Phi) is 7.18. The molecule has 10 aromatic rings. The molecule has 0 unspecified atom stereocenters. The topological polar surface area (TPSA) is 25.8 Å². The van der Waals surface area contributed by atoms with Gasteiger partial charge in [0.25, 0.3) is 0 Å². The Morgan fingerprint density at radius 2 is 0.904 bits per heavy atom. The van der Waals surface area contributed by atoms with Crippen molar-refractivity contribution < 1.29 is 0 Å². The fourth-order valence-electron chi connectivity index (χ4n) is 7.73. The lowest BCUT2D eigenvalue weighted by Gasteiger charge is -2.16. The van der Waals surface area contributed by atoms with Crippen LogP contribution in [0.3, 0.4) is 0 Å². The van der Waals surface area contributed by atoms with E-state index in [2.05, 4.69) is 176 Å². The largest absolute Gasteiger partial charge is 0.228 e. The van der Waals surface area contributed by atoms with Crippen molar-refractivity contribution in [3.8, 4) is 56.2 Å². The van der Waals surface area contributed by atoms with Crippen LogP contribution >= 0.6 is 0 Å². The van der Waals surface area contributed by atoms with Crippen molar-refractivity contribution in [1.29, 1.82) is 0 Å². The van der Waals surface area contributed by atoms with Gasteiger partial charge in [-0.3, -0.25) is 0 Å². The van der Waals surface area contributed by atoms with Crippen LogP contribution in [0.1, 0.15) is 0 Å². The smallest absolute Gasteiger partial charge is 0.160 e. The molecule has 0 atom stereocenters. The second kappa shape index (κ2) is 12.5. The van der Waals surface area contributed by atoms with Gasteiger partial charge in [-0.05, 0) is 89.6 Å². The minimum Gasteiger partial charge on any atom is -0.228 e. The molecule has 9 aromatic carbocycles. The summed E-state index contributed by atoms with van der Waals surface area (Å²) in [6.07, 6.45) is 0. The fraction of sp³-hybridized carbons (Fsp3) is 0. The van der Waals surface area contributed by atoms with Crippen molar-refractivity contribution in [2.45, 2.75) is 0 Å². The van der Waals surface area contributed by atoms with E-state index in [0.717, 1.165) is 44.8 Å². The van der Waals surface area contributed by atoms with E-state index in [1.807, 2.05) is 18.2 Å². The van der Waals surface area contributed by atoms with E-state index in [4.69, 9.17) is 9.97 Å². The predicted octanol–water partition coefficient (Wildman–Crippen LogP) is 13.4. The fourth-order valence-corrected chi connectivity index (χ4v) is 7.73. The zero-order valence-corrected chi connectivity index (χ0v) is 28.4. The SMILES string of the molecule is c1ccc(-c2nc(-c3cccc(-c4c5ccccc5cc5c4ccc4ccccc45)c3)cc(-c3ccccc3-c3ccc4ccccc4c3)n2)cc1. The number of rotatable bonds is 5. The normalized spacial score (nSPS) is 11.5. The highest BCUT2D eigenvalue weighted by atomic mass is 14.9. The number of aromatic nitrogens is 2. The number of fused-ring (bicyclic) bond motifs is 5. The van der Waals surface area contributed by atoms with Gasteiger partial charge in [-0.1, -0.05) is 170 Å². The van der Waals surface area contributed by atoms with Crippen LogP contribution in [0.4, 0.5) is 0 Å². The van der Waals surface area contributed by atoms with Crippen LogP contribution in [0.25, 0.3) is 99.2 Å². The molecule has 0 saturated heterocycles. The molecule has 10 rings (SSSR count). The maximum absolute atomic E-state index is 5.23. The summed E-state index contributed by atoms with van der Waals surface area (Å²) in [6.45, 7) is 0. The summed E-state index contributed by atoms with van der Waals surface area (Å²) < 4.78 is 0. The summed E-state index contributed by atoms with van der Waals surface area (Å²) in [5, 5.41) is 9.93. The van der Waals surface area contributed by atoms with Crippen molar-refractivity contribution in [2.24, 2.45) is 0 Å². The summed E-state index contributed by atoms with van der Waals surface area (Å²) in [5.74, 6) is 0.703. The van der Waals surface area contributed by atoms with E-state index in [9.17, 15) is 0 Å². The molecule has 0 radical (unpaired) electrons. The number of benzene rings is 9. The highest BCUT2D eigenvalue weighted by molar-refractivity contribution is 6.20. The van der Waals surface area contributed by atoms with Crippen LogP contribution in [0.2, 0.25) is 0 Å². The lowest BCUT2D eigenvalue weighted by molar-refractivity contribution is 1.18. The van der Waals surface area contributed by atoms with Crippen LogP contribution < -0.4 is 0 Å². The number of nitrogens with zero attached hydrogens (tertiary/aromatic N) is 2. The molecule has 2 heteroatoms. The Balaban J connectivity index is 1.18. The van der Waals surface area contributed by atoms with E-state index in [1.165, 1.54) is 48.7 Å². The van der Waals surface area contributed by atoms with Gasteiger partial charge in [-0.25, -0.2) is 9.97 Å². The summed E-state index contributed by atoms with van der Waals surface area (Å²) in [4.78, 5) is 10.5. The summed E-state index contributed by atoms with van der Waals surface area (Å²) in [6, 6.07) is 69.3. The van der Waals surface area contributed by atoms with E-state index < -0.39 is 0 Å². The molecule has 242 valence electrons. The van der Waals surface area contributed by atoms with Gasteiger partial charge in [0.2, 0.25) is 0 Å². The molecule has 0 aliphatic rings. The molecular weight excluding hydrogens is 629 g/mol. The Bertz CT molecular complexity index is 2960. The lowest BCUT2D eigenvalue weighted by atomic mass is 9.89. The second-order valence-corrected chi connectivity index (χ2v) is 13.4. The molecule has 0 spiro atoms. The predicted molar refractivity (Wildman–Crippen MR) is 219 cm³/mol. The Morgan fingerprint density at radius 3 is 1.77 bits per heavy atom. The van der Waals surface area contributed by atoms with Gasteiger partial charge in [0.15, 0.2) is 5.82 Å². The van der Waals surface area contributed by atoms with Crippen LogP contribution in [0.5, 0.6) is 0 Å². The summed E-state index contributed by atoms with van der Waals surface area (Å²) in [5.41, 5.74) is 9.57. The van der Waals surface area contributed by atoms with Gasteiger partial charge in [0, 0.05) is 16.7 Å². The van der Waals surface area contributed by atoms with Gasteiger partial charge in [0.1, 0.15) is 0 Å². The van der Waals surface area contributed by atoms with Crippen molar-refractivity contribution in [3.63, 3.8) is 0 Å². The zero-order chi connectivity index (χ0) is 34.4. The summed E-state index contributed by atoms with van der Waals surface area (Å²) in [7, 11) is 0. The summed E-state index contributed by atoms with van der Waals surface area (Å²) >= 11 is 0. The molecule has 0 aliphatic heterocycles. The lowest BCUT2D eigenvalue weighted by Crippen LogP contribution is -1.97. The van der Waals surface area contributed by atoms with Crippen molar-refractivity contribution >= 4 is 43.1 Å². The highest BCUT2D eigenvalue weighted by Gasteiger charge is 2.17. The molecule has 0 saturated carbocycles. The maximum atomic E-state index is 5.23. The van der Waals surface area contributed by atoms with Gasteiger partial charge in [0.05, 0.1) is 11.4 Å².